The Morgan fingerprint density at radius 1 is 1.22 bits per heavy atom. The Morgan fingerprint density at radius 3 is 2.56 bits per heavy atom. The highest BCUT2D eigenvalue weighted by molar-refractivity contribution is 5.95. The molecule has 0 unspecified atom stereocenters. The first kappa shape index (κ1) is 22.3. The molecule has 0 radical (unpaired) electrons. The maximum atomic E-state index is 12.6. The average Bonchev–Trinajstić information content (AvgIpc) is 3.11. The third-order valence-corrected chi connectivity index (χ3v) is 7.09. The van der Waals surface area contributed by atoms with Crippen LogP contribution >= 0.6 is 0 Å². The van der Waals surface area contributed by atoms with Gasteiger partial charge in [0, 0.05) is 19.6 Å². The summed E-state index contributed by atoms with van der Waals surface area (Å²) in [6.07, 6.45) is 10.4. The normalized spacial score (nSPS) is 22.2. The third-order valence-electron chi connectivity index (χ3n) is 7.09. The molecule has 0 bridgehead atoms. The van der Waals surface area contributed by atoms with Crippen molar-refractivity contribution >= 4 is 28.9 Å². The number of carbonyl (C=O) groups is 2. The zero-order chi connectivity index (χ0) is 22.8. The lowest BCUT2D eigenvalue weighted by molar-refractivity contribution is 0.0849. The first-order valence-corrected chi connectivity index (χ1v) is 11.7. The molecule has 10 nitrogen and oxygen atoms in total. The number of carbonyl (C=O) groups excluding carboxylic acids is 2. The monoisotopic (exact) mass is 442 g/mol. The fourth-order valence-corrected chi connectivity index (χ4v) is 4.64. The highest BCUT2D eigenvalue weighted by Crippen LogP contribution is 2.33. The number of primary amides is 1. The molecule has 2 heterocycles. The second-order valence-electron chi connectivity index (χ2n) is 9.55. The van der Waals surface area contributed by atoms with Crippen LogP contribution in [0.2, 0.25) is 0 Å². The van der Waals surface area contributed by atoms with Crippen LogP contribution in [0.3, 0.4) is 0 Å². The molecule has 3 amide bonds. The predicted octanol–water partition coefficient (Wildman–Crippen LogP) is 2.91. The van der Waals surface area contributed by atoms with E-state index in [9.17, 15) is 9.59 Å². The quantitative estimate of drug-likeness (QED) is 0.590. The first-order valence-electron chi connectivity index (χ1n) is 11.7. The zero-order valence-electron chi connectivity index (χ0n) is 19.2. The van der Waals surface area contributed by atoms with E-state index in [4.69, 9.17) is 5.73 Å². The number of amides is 3. The summed E-state index contributed by atoms with van der Waals surface area (Å²) >= 11 is 0. The standard InChI is InChI=1S/C22H34N8O2/c1-13-7-9-15(10-8-13)11-30-12-24-18-17(30)19(25-14(2)16-5-4-6-16)27-20(26-18)21(31)28-29(3)22(23)32/h12-16H,4-11H2,1-3H3,(H2,23,32)(H,28,31)(H,25,26,27)/t13-,14-,15-/m1/s1. The van der Waals surface area contributed by atoms with Crippen LogP contribution in [0.4, 0.5) is 10.6 Å². The topological polar surface area (TPSA) is 131 Å². The second kappa shape index (κ2) is 9.30. The molecule has 0 aromatic carbocycles. The molecule has 2 aromatic heterocycles. The summed E-state index contributed by atoms with van der Waals surface area (Å²) in [5, 5.41) is 4.44. The molecule has 0 saturated heterocycles. The summed E-state index contributed by atoms with van der Waals surface area (Å²) in [6.45, 7) is 5.35. The van der Waals surface area contributed by atoms with Crippen molar-refractivity contribution < 1.29 is 9.59 Å². The number of anilines is 1. The van der Waals surface area contributed by atoms with Crippen molar-refractivity contribution in [1.29, 1.82) is 0 Å². The molecule has 1 atom stereocenters. The van der Waals surface area contributed by atoms with Gasteiger partial charge in [-0.05, 0) is 50.4 Å². The highest BCUT2D eigenvalue weighted by atomic mass is 16.2. The van der Waals surface area contributed by atoms with Crippen LogP contribution in [0, 0.1) is 17.8 Å². The zero-order valence-corrected chi connectivity index (χ0v) is 19.2. The van der Waals surface area contributed by atoms with E-state index in [0.717, 1.165) is 23.0 Å². The minimum Gasteiger partial charge on any atom is -0.365 e. The van der Waals surface area contributed by atoms with Crippen LogP contribution < -0.4 is 16.5 Å². The van der Waals surface area contributed by atoms with Gasteiger partial charge in [0.05, 0.1) is 6.33 Å². The van der Waals surface area contributed by atoms with Gasteiger partial charge in [-0.1, -0.05) is 26.2 Å². The van der Waals surface area contributed by atoms with Gasteiger partial charge < -0.3 is 15.6 Å². The Balaban J connectivity index is 1.64. The molecule has 2 aromatic rings. The summed E-state index contributed by atoms with van der Waals surface area (Å²) in [5.41, 5.74) is 8.90. The lowest BCUT2D eigenvalue weighted by Gasteiger charge is -2.32. The van der Waals surface area contributed by atoms with E-state index in [1.54, 1.807) is 6.33 Å². The van der Waals surface area contributed by atoms with Crippen LogP contribution in [0.25, 0.3) is 11.2 Å². The van der Waals surface area contributed by atoms with Gasteiger partial charge in [-0.25, -0.2) is 24.8 Å². The van der Waals surface area contributed by atoms with E-state index in [0.29, 0.717) is 23.3 Å². The van der Waals surface area contributed by atoms with Crippen LogP contribution in [0.15, 0.2) is 6.33 Å². The van der Waals surface area contributed by atoms with Crippen LogP contribution in [0.5, 0.6) is 0 Å². The van der Waals surface area contributed by atoms with Crippen molar-refractivity contribution in [3.8, 4) is 0 Å². The van der Waals surface area contributed by atoms with E-state index in [-0.39, 0.29) is 11.9 Å². The maximum Gasteiger partial charge on any atom is 0.333 e. The number of aromatic nitrogens is 4. The number of fused-ring (bicyclic) bond motifs is 1. The number of imidazole rings is 1. The summed E-state index contributed by atoms with van der Waals surface area (Å²) < 4.78 is 2.13. The minimum absolute atomic E-state index is 0.0503. The van der Waals surface area contributed by atoms with Gasteiger partial charge in [0.15, 0.2) is 11.5 Å². The van der Waals surface area contributed by atoms with Crippen molar-refractivity contribution in [2.75, 3.05) is 12.4 Å². The summed E-state index contributed by atoms with van der Waals surface area (Å²) in [4.78, 5) is 37.4. The number of hydrogen-bond donors (Lipinski definition) is 3. The Hall–Kier alpha value is -2.91. The molecule has 174 valence electrons. The summed E-state index contributed by atoms with van der Waals surface area (Å²) in [6, 6.07) is -0.549. The molecule has 0 spiro atoms. The number of rotatable bonds is 6. The number of urea groups is 1. The van der Waals surface area contributed by atoms with Gasteiger partial charge in [-0.3, -0.25) is 10.2 Å². The fourth-order valence-electron chi connectivity index (χ4n) is 4.64. The lowest BCUT2D eigenvalue weighted by Crippen LogP contribution is -2.46. The SMILES string of the molecule is C[C@@H](Nc1nc(C(=O)NN(C)C(N)=O)nc2ncn(C[C@H]3CC[C@H](C)CC3)c12)C1CCC1. The second-order valence-corrected chi connectivity index (χ2v) is 9.55. The van der Waals surface area contributed by atoms with Gasteiger partial charge in [0.2, 0.25) is 5.82 Å². The van der Waals surface area contributed by atoms with Gasteiger partial charge >= 0.3 is 11.9 Å². The number of hydrazine groups is 1. The van der Waals surface area contributed by atoms with Gasteiger partial charge in [0.25, 0.3) is 0 Å². The average molecular weight is 443 g/mol. The number of nitrogens with zero attached hydrogens (tertiary/aromatic N) is 5. The largest absolute Gasteiger partial charge is 0.365 e. The van der Waals surface area contributed by atoms with Gasteiger partial charge in [0.1, 0.15) is 5.52 Å². The molecular formula is C22H34N8O2. The van der Waals surface area contributed by atoms with E-state index in [1.807, 2.05) is 0 Å². The molecule has 4 N–H and O–H groups in total. The molecule has 2 aliphatic carbocycles. The van der Waals surface area contributed by atoms with Gasteiger partial charge in [-0.2, -0.15) is 0 Å². The van der Waals surface area contributed by atoms with E-state index < -0.39 is 11.9 Å². The number of hydrogen-bond acceptors (Lipinski definition) is 6. The van der Waals surface area contributed by atoms with Gasteiger partial charge in [-0.15, -0.1) is 0 Å². The molecule has 2 saturated carbocycles. The first-order chi connectivity index (χ1) is 15.3. The Kier molecular flexibility index (Phi) is 6.48. The van der Waals surface area contributed by atoms with E-state index in [2.05, 4.69) is 44.1 Å². The predicted molar refractivity (Wildman–Crippen MR) is 122 cm³/mol. The third kappa shape index (κ3) is 4.78. The van der Waals surface area contributed by atoms with Crippen molar-refractivity contribution in [3.05, 3.63) is 12.2 Å². The van der Waals surface area contributed by atoms with Crippen molar-refractivity contribution in [1.82, 2.24) is 30.0 Å². The van der Waals surface area contributed by atoms with E-state index >= 15 is 0 Å². The maximum absolute atomic E-state index is 12.6. The molecular weight excluding hydrogens is 408 g/mol. The van der Waals surface area contributed by atoms with Crippen molar-refractivity contribution in [3.63, 3.8) is 0 Å². The molecule has 2 aliphatic rings. The molecule has 32 heavy (non-hydrogen) atoms. The fraction of sp³-hybridized carbons (Fsp3) is 0.682. The van der Waals surface area contributed by atoms with Crippen molar-refractivity contribution in [2.45, 2.75) is 71.4 Å². The molecule has 2 fully saturated rings. The summed E-state index contributed by atoms with van der Waals surface area (Å²) in [5.74, 6) is 1.95. The highest BCUT2D eigenvalue weighted by Gasteiger charge is 2.27. The molecule has 10 heteroatoms. The van der Waals surface area contributed by atoms with Crippen LogP contribution in [-0.4, -0.2) is 49.6 Å². The molecule has 4 rings (SSSR count). The number of nitrogens with one attached hydrogen (secondary N) is 2. The Morgan fingerprint density at radius 2 is 1.94 bits per heavy atom. The Bertz CT molecular complexity index is 978. The molecule has 0 aliphatic heterocycles. The Labute approximate surface area is 188 Å². The van der Waals surface area contributed by atoms with Crippen molar-refractivity contribution in [2.24, 2.45) is 23.5 Å². The summed E-state index contributed by atoms with van der Waals surface area (Å²) in [7, 11) is 1.37. The number of nitrogens with two attached hydrogens (primary N) is 1. The van der Waals surface area contributed by atoms with Crippen LogP contribution in [0.1, 0.15) is 69.4 Å². The smallest absolute Gasteiger partial charge is 0.333 e. The lowest BCUT2D eigenvalue weighted by atomic mass is 9.80. The van der Waals surface area contributed by atoms with E-state index in [1.165, 1.54) is 52.0 Å². The van der Waals surface area contributed by atoms with Crippen LogP contribution in [-0.2, 0) is 6.54 Å². The minimum atomic E-state index is -0.775.